The molecule has 0 saturated heterocycles. The van der Waals surface area contributed by atoms with E-state index in [0.29, 0.717) is 24.9 Å². The van der Waals surface area contributed by atoms with Gasteiger partial charge in [-0.3, -0.25) is 0 Å². The summed E-state index contributed by atoms with van der Waals surface area (Å²) in [5.74, 6) is 0.692. The highest BCUT2D eigenvalue weighted by Crippen LogP contribution is 2.10. The highest BCUT2D eigenvalue weighted by molar-refractivity contribution is 5.86. The fourth-order valence-corrected chi connectivity index (χ4v) is 1.76. The van der Waals surface area contributed by atoms with Crippen molar-refractivity contribution in [3.8, 4) is 0 Å². The summed E-state index contributed by atoms with van der Waals surface area (Å²) in [7, 11) is 0. The van der Waals surface area contributed by atoms with Crippen molar-refractivity contribution < 1.29 is 13.9 Å². The SMILES string of the molecule is CCCCCCNC(N)=NCc1ccc(C(=O)OCC)o1. The second-order valence-electron chi connectivity index (χ2n) is 4.68. The summed E-state index contributed by atoms with van der Waals surface area (Å²) in [6, 6.07) is 3.28. The number of unbranched alkanes of at least 4 members (excludes halogenated alkanes) is 3. The number of esters is 1. The second-order valence-corrected chi connectivity index (χ2v) is 4.68. The summed E-state index contributed by atoms with van der Waals surface area (Å²) >= 11 is 0. The van der Waals surface area contributed by atoms with Crippen LogP contribution in [0.1, 0.15) is 55.8 Å². The molecule has 0 bridgehead atoms. The number of nitrogens with two attached hydrogens (primary N) is 1. The van der Waals surface area contributed by atoms with Crippen molar-refractivity contribution in [2.24, 2.45) is 10.7 Å². The fourth-order valence-electron chi connectivity index (χ4n) is 1.76. The van der Waals surface area contributed by atoms with Gasteiger partial charge < -0.3 is 20.2 Å². The zero-order valence-corrected chi connectivity index (χ0v) is 12.9. The molecule has 6 nitrogen and oxygen atoms in total. The maximum atomic E-state index is 11.4. The summed E-state index contributed by atoms with van der Waals surface area (Å²) < 4.78 is 10.2. The lowest BCUT2D eigenvalue weighted by Crippen LogP contribution is -2.32. The van der Waals surface area contributed by atoms with Gasteiger partial charge >= 0.3 is 5.97 Å². The van der Waals surface area contributed by atoms with E-state index in [0.717, 1.165) is 13.0 Å². The third kappa shape index (κ3) is 6.83. The van der Waals surface area contributed by atoms with E-state index in [4.69, 9.17) is 14.9 Å². The van der Waals surface area contributed by atoms with Crippen LogP contribution in [-0.4, -0.2) is 25.1 Å². The van der Waals surface area contributed by atoms with E-state index < -0.39 is 5.97 Å². The molecule has 0 unspecified atom stereocenters. The number of hydrogen-bond donors (Lipinski definition) is 2. The van der Waals surface area contributed by atoms with Crippen LogP contribution in [0.4, 0.5) is 0 Å². The summed E-state index contributed by atoms with van der Waals surface area (Å²) in [5, 5.41) is 3.06. The zero-order valence-electron chi connectivity index (χ0n) is 12.9. The van der Waals surface area contributed by atoms with Crippen LogP contribution in [-0.2, 0) is 11.3 Å². The van der Waals surface area contributed by atoms with Crippen LogP contribution >= 0.6 is 0 Å². The largest absolute Gasteiger partial charge is 0.460 e. The van der Waals surface area contributed by atoms with Gasteiger partial charge in [0.2, 0.25) is 5.76 Å². The molecule has 21 heavy (non-hydrogen) atoms. The number of aliphatic imine (C=N–C) groups is 1. The summed E-state index contributed by atoms with van der Waals surface area (Å²) in [6.45, 7) is 5.37. The molecule has 0 aliphatic heterocycles. The molecular weight excluding hydrogens is 270 g/mol. The van der Waals surface area contributed by atoms with Crippen molar-refractivity contribution in [1.29, 1.82) is 0 Å². The van der Waals surface area contributed by atoms with Gasteiger partial charge in [0, 0.05) is 6.54 Å². The van der Waals surface area contributed by atoms with Crippen molar-refractivity contribution in [3.63, 3.8) is 0 Å². The number of ether oxygens (including phenoxy) is 1. The molecule has 0 fully saturated rings. The molecule has 6 heteroatoms. The number of rotatable bonds is 9. The van der Waals surface area contributed by atoms with Gasteiger partial charge in [-0.25, -0.2) is 9.79 Å². The maximum absolute atomic E-state index is 11.4. The summed E-state index contributed by atoms with van der Waals surface area (Å²) in [4.78, 5) is 15.6. The van der Waals surface area contributed by atoms with Gasteiger partial charge in [0.25, 0.3) is 0 Å². The predicted octanol–water partition coefficient (Wildman–Crippen LogP) is 2.44. The molecule has 0 atom stereocenters. The molecule has 1 aromatic rings. The third-order valence-electron chi connectivity index (χ3n) is 2.88. The fraction of sp³-hybridized carbons (Fsp3) is 0.600. The average Bonchev–Trinajstić information content (AvgIpc) is 2.94. The van der Waals surface area contributed by atoms with Crippen molar-refractivity contribution in [1.82, 2.24) is 5.32 Å². The number of carbonyl (C=O) groups excluding carboxylic acids is 1. The Morgan fingerprint density at radius 1 is 1.33 bits per heavy atom. The first kappa shape index (κ1) is 17.1. The first-order chi connectivity index (χ1) is 10.2. The molecule has 3 N–H and O–H groups in total. The van der Waals surface area contributed by atoms with Crippen LogP contribution in [0.5, 0.6) is 0 Å². The Kier molecular flexibility index (Phi) is 8.01. The molecule has 0 amide bonds. The average molecular weight is 295 g/mol. The van der Waals surface area contributed by atoms with E-state index in [9.17, 15) is 4.79 Å². The lowest BCUT2D eigenvalue weighted by Gasteiger charge is -2.04. The Bertz CT molecular complexity index is 455. The highest BCUT2D eigenvalue weighted by atomic mass is 16.5. The van der Waals surface area contributed by atoms with Gasteiger partial charge in [-0.2, -0.15) is 0 Å². The molecule has 0 saturated carbocycles. The van der Waals surface area contributed by atoms with Gasteiger partial charge in [0.1, 0.15) is 12.3 Å². The smallest absolute Gasteiger partial charge is 0.374 e. The van der Waals surface area contributed by atoms with E-state index in [-0.39, 0.29) is 5.76 Å². The van der Waals surface area contributed by atoms with E-state index in [2.05, 4.69) is 17.2 Å². The molecule has 0 spiro atoms. The highest BCUT2D eigenvalue weighted by Gasteiger charge is 2.11. The number of guanidine groups is 1. The molecule has 0 aromatic carbocycles. The number of nitrogens with zero attached hydrogens (tertiary/aromatic N) is 1. The Hall–Kier alpha value is -1.98. The first-order valence-electron chi connectivity index (χ1n) is 7.47. The molecule has 1 rings (SSSR count). The molecule has 1 heterocycles. The summed E-state index contributed by atoms with van der Waals surface area (Å²) in [6.07, 6.45) is 4.72. The van der Waals surface area contributed by atoms with Crippen LogP contribution in [0, 0.1) is 0 Å². The van der Waals surface area contributed by atoms with Crippen molar-refractivity contribution >= 4 is 11.9 Å². The number of carbonyl (C=O) groups is 1. The zero-order chi connectivity index (χ0) is 15.5. The topological polar surface area (TPSA) is 89.8 Å². The standard InChI is InChI=1S/C15H25N3O3/c1-3-5-6-7-10-17-15(16)18-11-12-8-9-13(21-12)14(19)20-4-2/h8-9H,3-7,10-11H2,1-2H3,(H3,16,17,18). The maximum Gasteiger partial charge on any atom is 0.374 e. The molecular formula is C15H25N3O3. The monoisotopic (exact) mass is 295 g/mol. The van der Waals surface area contributed by atoms with Gasteiger partial charge in [-0.05, 0) is 25.5 Å². The third-order valence-corrected chi connectivity index (χ3v) is 2.88. The molecule has 0 radical (unpaired) electrons. The van der Waals surface area contributed by atoms with Crippen LogP contribution < -0.4 is 11.1 Å². The van der Waals surface area contributed by atoms with E-state index >= 15 is 0 Å². The van der Waals surface area contributed by atoms with Crippen molar-refractivity contribution in [3.05, 3.63) is 23.7 Å². The quantitative estimate of drug-likeness (QED) is 0.316. The Balaban J connectivity index is 2.32. The minimum absolute atomic E-state index is 0.188. The molecule has 118 valence electrons. The minimum atomic E-state index is -0.463. The van der Waals surface area contributed by atoms with Crippen LogP contribution in [0.15, 0.2) is 21.5 Å². The minimum Gasteiger partial charge on any atom is -0.460 e. The molecule has 1 aromatic heterocycles. The predicted molar refractivity (Wildman–Crippen MR) is 82.1 cm³/mol. The Labute approximate surface area is 125 Å². The van der Waals surface area contributed by atoms with E-state index in [1.807, 2.05) is 0 Å². The number of hydrogen-bond acceptors (Lipinski definition) is 4. The van der Waals surface area contributed by atoms with Crippen molar-refractivity contribution in [2.45, 2.75) is 46.1 Å². The number of nitrogens with one attached hydrogen (secondary N) is 1. The number of furan rings is 1. The Morgan fingerprint density at radius 2 is 2.14 bits per heavy atom. The van der Waals surface area contributed by atoms with Crippen LogP contribution in [0.2, 0.25) is 0 Å². The van der Waals surface area contributed by atoms with Crippen LogP contribution in [0.3, 0.4) is 0 Å². The first-order valence-corrected chi connectivity index (χ1v) is 7.47. The van der Waals surface area contributed by atoms with Gasteiger partial charge in [0.05, 0.1) is 6.61 Å². The van der Waals surface area contributed by atoms with E-state index in [1.165, 1.54) is 19.3 Å². The normalized spacial score (nSPS) is 11.4. The lowest BCUT2D eigenvalue weighted by molar-refractivity contribution is 0.0488. The summed E-state index contributed by atoms with van der Waals surface area (Å²) in [5.41, 5.74) is 5.76. The molecule has 0 aliphatic rings. The van der Waals surface area contributed by atoms with Gasteiger partial charge in [-0.1, -0.05) is 26.2 Å². The molecule has 0 aliphatic carbocycles. The van der Waals surface area contributed by atoms with E-state index in [1.54, 1.807) is 19.1 Å². The van der Waals surface area contributed by atoms with Gasteiger partial charge in [0.15, 0.2) is 5.96 Å². The second kappa shape index (κ2) is 9.85. The van der Waals surface area contributed by atoms with Crippen LogP contribution in [0.25, 0.3) is 0 Å². The van der Waals surface area contributed by atoms with Crippen molar-refractivity contribution in [2.75, 3.05) is 13.2 Å². The Morgan fingerprint density at radius 3 is 2.86 bits per heavy atom. The lowest BCUT2D eigenvalue weighted by atomic mass is 10.2. The van der Waals surface area contributed by atoms with Gasteiger partial charge in [-0.15, -0.1) is 0 Å².